The van der Waals surface area contributed by atoms with Gasteiger partial charge in [0.25, 0.3) is 11.6 Å². The third-order valence-corrected chi connectivity index (χ3v) is 4.98. The van der Waals surface area contributed by atoms with Gasteiger partial charge in [0.15, 0.2) is 0 Å². The van der Waals surface area contributed by atoms with E-state index in [0.29, 0.717) is 17.2 Å². The van der Waals surface area contributed by atoms with E-state index < -0.39 is 10.8 Å². The number of carbonyl (C=O) groups excluding carboxylic acids is 1. The van der Waals surface area contributed by atoms with Crippen LogP contribution in [0, 0.1) is 16.0 Å². The Morgan fingerprint density at radius 1 is 1.52 bits per heavy atom. The second kappa shape index (κ2) is 7.65. The summed E-state index contributed by atoms with van der Waals surface area (Å²) in [5.74, 6) is 0.192. The lowest BCUT2D eigenvalue weighted by atomic mass is 10.0. The zero-order valence-corrected chi connectivity index (χ0v) is 14.0. The van der Waals surface area contributed by atoms with E-state index in [9.17, 15) is 14.9 Å². The maximum Gasteiger partial charge on any atom is 0.285 e. The topological polar surface area (TPSA) is 107 Å². The molecule has 1 aliphatic carbocycles. The molecule has 1 aromatic carbocycles. The molecular formula is C15H21N3O4S. The molecule has 1 amide bonds. The molecule has 0 radical (unpaired) electrons. The summed E-state index contributed by atoms with van der Waals surface area (Å²) in [7, 11) is 1.45. The van der Waals surface area contributed by atoms with Gasteiger partial charge in [0.1, 0.15) is 11.3 Å². The molecule has 1 aromatic rings. The van der Waals surface area contributed by atoms with Crippen LogP contribution >= 0.6 is 11.8 Å². The maximum atomic E-state index is 12.5. The molecule has 0 saturated heterocycles. The van der Waals surface area contributed by atoms with Crippen LogP contribution in [0.5, 0.6) is 5.75 Å². The third-order valence-electron chi connectivity index (χ3n) is 4.22. The van der Waals surface area contributed by atoms with Crippen molar-refractivity contribution in [3.63, 3.8) is 0 Å². The summed E-state index contributed by atoms with van der Waals surface area (Å²) in [4.78, 5) is 24.0. The van der Waals surface area contributed by atoms with Crippen molar-refractivity contribution in [2.45, 2.75) is 30.2 Å². The fraction of sp³-hybridized carbons (Fsp3) is 0.533. The molecule has 8 heteroatoms. The van der Waals surface area contributed by atoms with Crippen LogP contribution in [0.15, 0.2) is 17.0 Å². The Bertz CT molecular complexity index is 609. The van der Waals surface area contributed by atoms with Crippen LogP contribution < -0.4 is 15.8 Å². The van der Waals surface area contributed by atoms with E-state index in [1.807, 2.05) is 6.26 Å². The van der Waals surface area contributed by atoms with E-state index in [2.05, 4.69) is 5.32 Å². The highest BCUT2D eigenvalue weighted by molar-refractivity contribution is 7.98. The average Bonchev–Trinajstić information content (AvgIpc) is 3.00. The van der Waals surface area contributed by atoms with Gasteiger partial charge < -0.3 is 15.8 Å². The van der Waals surface area contributed by atoms with E-state index in [1.54, 1.807) is 0 Å². The number of hydrogen-bond acceptors (Lipinski definition) is 6. The quantitative estimate of drug-likeness (QED) is 0.467. The molecule has 2 atom stereocenters. The molecule has 7 nitrogen and oxygen atoms in total. The standard InChI is InChI=1S/C15H21N3O4S/c1-22-13-7-12(18(20)21)10(6-14(13)23-2)15(19)17-11-5-3-4-9(11)8-16/h6-7,9,11H,3-5,8,16H2,1-2H3,(H,17,19). The molecule has 0 aliphatic heterocycles. The van der Waals surface area contributed by atoms with Crippen molar-refractivity contribution in [3.05, 3.63) is 27.8 Å². The number of thioether (sulfide) groups is 1. The summed E-state index contributed by atoms with van der Waals surface area (Å²) in [6.07, 6.45) is 4.66. The van der Waals surface area contributed by atoms with E-state index in [-0.39, 0.29) is 23.2 Å². The second-order valence-corrected chi connectivity index (χ2v) is 6.34. The first-order valence-corrected chi connectivity index (χ1v) is 8.65. The zero-order chi connectivity index (χ0) is 17.0. The van der Waals surface area contributed by atoms with Crippen LogP contribution in [0.4, 0.5) is 5.69 Å². The van der Waals surface area contributed by atoms with Crippen LogP contribution in [-0.2, 0) is 0 Å². The third kappa shape index (κ3) is 3.76. The number of benzene rings is 1. The first-order valence-electron chi connectivity index (χ1n) is 7.43. The molecule has 3 N–H and O–H groups in total. The second-order valence-electron chi connectivity index (χ2n) is 5.49. The van der Waals surface area contributed by atoms with Crippen molar-refractivity contribution in [2.75, 3.05) is 19.9 Å². The minimum atomic E-state index is -0.559. The Labute approximate surface area is 139 Å². The van der Waals surface area contributed by atoms with E-state index in [1.165, 1.54) is 31.0 Å². The lowest BCUT2D eigenvalue weighted by molar-refractivity contribution is -0.385. The van der Waals surface area contributed by atoms with Gasteiger partial charge in [-0.15, -0.1) is 11.8 Å². The highest BCUT2D eigenvalue weighted by Gasteiger charge is 2.30. The van der Waals surface area contributed by atoms with Crippen molar-refractivity contribution in [1.82, 2.24) is 5.32 Å². The number of ether oxygens (including phenoxy) is 1. The Morgan fingerprint density at radius 2 is 2.26 bits per heavy atom. The van der Waals surface area contributed by atoms with Crippen molar-refractivity contribution < 1.29 is 14.5 Å². The maximum absolute atomic E-state index is 12.5. The van der Waals surface area contributed by atoms with Crippen LogP contribution in [0.1, 0.15) is 29.6 Å². The largest absolute Gasteiger partial charge is 0.495 e. The number of nitro groups is 1. The predicted molar refractivity (Wildman–Crippen MR) is 89.1 cm³/mol. The van der Waals surface area contributed by atoms with Crippen LogP contribution in [-0.4, -0.2) is 36.8 Å². The van der Waals surface area contributed by atoms with Gasteiger partial charge in [0.05, 0.1) is 23.0 Å². The van der Waals surface area contributed by atoms with Gasteiger partial charge in [-0.05, 0) is 37.6 Å². The molecule has 0 heterocycles. The van der Waals surface area contributed by atoms with Crippen molar-refractivity contribution in [3.8, 4) is 5.75 Å². The summed E-state index contributed by atoms with van der Waals surface area (Å²) < 4.78 is 5.16. The van der Waals surface area contributed by atoms with Gasteiger partial charge in [-0.1, -0.05) is 6.42 Å². The molecule has 23 heavy (non-hydrogen) atoms. The molecule has 1 fully saturated rings. The molecule has 0 bridgehead atoms. The van der Waals surface area contributed by atoms with Crippen LogP contribution in [0.3, 0.4) is 0 Å². The summed E-state index contributed by atoms with van der Waals surface area (Å²) in [5.41, 5.74) is 5.53. The van der Waals surface area contributed by atoms with E-state index in [4.69, 9.17) is 10.5 Å². The Balaban J connectivity index is 2.32. The fourth-order valence-corrected chi connectivity index (χ4v) is 3.54. The summed E-state index contributed by atoms with van der Waals surface area (Å²) in [6.45, 7) is 0.506. The van der Waals surface area contributed by atoms with Crippen molar-refractivity contribution in [2.24, 2.45) is 11.7 Å². The first kappa shape index (κ1) is 17.6. The number of nitrogens with one attached hydrogen (secondary N) is 1. The van der Waals surface area contributed by atoms with Gasteiger partial charge in [-0.3, -0.25) is 14.9 Å². The van der Waals surface area contributed by atoms with Crippen molar-refractivity contribution >= 4 is 23.4 Å². The molecule has 0 spiro atoms. The number of methoxy groups -OCH3 is 1. The smallest absolute Gasteiger partial charge is 0.285 e. The van der Waals surface area contributed by atoms with E-state index in [0.717, 1.165) is 19.3 Å². The predicted octanol–water partition coefficient (Wildman–Crippen LogP) is 2.18. The number of nitro benzene ring substituents is 1. The van der Waals surface area contributed by atoms with Gasteiger partial charge in [-0.25, -0.2) is 0 Å². The number of rotatable bonds is 6. The highest BCUT2D eigenvalue weighted by atomic mass is 32.2. The SMILES string of the molecule is COc1cc([N+](=O)[O-])c(C(=O)NC2CCCC2CN)cc1SC. The molecule has 1 saturated carbocycles. The molecule has 126 valence electrons. The van der Waals surface area contributed by atoms with Crippen LogP contribution in [0.25, 0.3) is 0 Å². The Morgan fingerprint density at radius 3 is 2.83 bits per heavy atom. The molecular weight excluding hydrogens is 318 g/mol. The number of carbonyl (C=O) groups is 1. The number of nitrogens with zero attached hydrogens (tertiary/aromatic N) is 1. The number of hydrogen-bond donors (Lipinski definition) is 2. The molecule has 0 aromatic heterocycles. The minimum absolute atomic E-state index is 0.0214. The number of amides is 1. The first-order chi connectivity index (χ1) is 11.0. The lowest BCUT2D eigenvalue weighted by Gasteiger charge is -2.19. The summed E-state index contributed by atoms with van der Waals surface area (Å²) in [6, 6.07) is 2.80. The van der Waals surface area contributed by atoms with Crippen LogP contribution in [0.2, 0.25) is 0 Å². The summed E-state index contributed by atoms with van der Waals surface area (Å²) in [5, 5.41) is 14.2. The monoisotopic (exact) mass is 339 g/mol. The fourth-order valence-electron chi connectivity index (χ4n) is 2.96. The van der Waals surface area contributed by atoms with Gasteiger partial charge in [0, 0.05) is 6.04 Å². The summed E-state index contributed by atoms with van der Waals surface area (Å²) >= 11 is 1.37. The lowest BCUT2D eigenvalue weighted by Crippen LogP contribution is -2.40. The Hall–Kier alpha value is -1.80. The minimum Gasteiger partial charge on any atom is -0.495 e. The average molecular weight is 339 g/mol. The van der Waals surface area contributed by atoms with Gasteiger partial charge >= 0.3 is 0 Å². The zero-order valence-electron chi connectivity index (χ0n) is 13.2. The molecule has 2 unspecified atom stereocenters. The Kier molecular flexibility index (Phi) is 5.84. The van der Waals surface area contributed by atoms with Gasteiger partial charge in [-0.2, -0.15) is 0 Å². The van der Waals surface area contributed by atoms with Crippen molar-refractivity contribution in [1.29, 1.82) is 0 Å². The molecule has 2 rings (SSSR count). The number of nitrogens with two attached hydrogens (primary N) is 1. The normalized spacial score (nSPS) is 20.3. The van der Waals surface area contributed by atoms with Gasteiger partial charge in [0.2, 0.25) is 0 Å². The molecule has 1 aliphatic rings. The van der Waals surface area contributed by atoms with E-state index >= 15 is 0 Å². The highest BCUT2D eigenvalue weighted by Crippen LogP contribution is 2.35.